The van der Waals surface area contributed by atoms with Crippen molar-refractivity contribution in [1.82, 2.24) is 0 Å². The number of aliphatic hydroxyl groups excluding tert-OH is 1. The maximum Gasteiger partial charge on any atom is 0.300 e. The van der Waals surface area contributed by atoms with E-state index in [1.54, 1.807) is 24.3 Å². The van der Waals surface area contributed by atoms with Crippen LogP contribution in [0.4, 0.5) is 5.69 Å². The molecule has 0 aromatic heterocycles. The third-order valence-electron chi connectivity index (χ3n) is 5.67. The predicted molar refractivity (Wildman–Crippen MR) is 120 cm³/mol. The number of hydrogen-bond donors (Lipinski definition) is 1. The average molecular weight is 413 g/mol. The van der Waals surface area contributed by atoms with Crippen molar-refractivity contribution in [2.24, 2.45) is 0 Å². The fraction of sp³-hybridized carbons (Fsp3) is 0.154. The van der Waals surface area contributed by atoms with E-state index in [0.717, 1.165) is 16.7 Å². The Kier molecular flexibility index (Phi) is 5.34. The molecular formula is C26H23NO4. The molecule has 5 nitrogen and oxygen atoms in total. The molecule has 1 aliphatic rings. The highest BCUT2D eigenvalue weighted by Gasteiger charge is 2.46. The molecule has 4 rings (SSSR count). The number of rotatable bonds is 4. The molecule has 0 spiro atoms. The number of carbonyl (C=O) groups is 2. The Bertz CT molecular complexity index is 1200. The summed E-state index contributed by atoms with van der Waals surface area (Å²) >= 11 is 0. The van der Waals surface area contributed by atoms with Crippen molar-refractivity contribution in [2.45, 2.75) is 19.9 Å². The highest BCUT2D eigenvalue weighted by atomic mass is 16.5. The van der Waals surface area contributed by atoms with Gasteiger partial charge in [-0.25, -0.2) is 0 Å². The summed E-state index contributed by atoms with van der Waals surface area (Å²) in [5.41, 5.74) is 3.93. The van der Waals surface area contributed by atoms with Crippen LogP contribution in [-0.4, -0.2) is 23.9 Å². The van der Waals surface area contributed by atoms with Crippen molar-refractivity contribution in [3.05, 3.63) is 101 Å². The average Bonchev–Trinajstić information content (AvgIpc) is 3.06. The molecule has 1 fully saturated rings. The summed E-state index contributed by atoms with van der Waals surface area (Å²) in [5, 5.41) is 11.1. The van der Waals surface area contributed by atoms with Crippen LogP contribution in [0.25, 0.3) is 5.76 Å². The number of benzene rings is 3. The maximum atomic E-state index is 13.2. The van der Waals surface area contributed by atoms with Crippen molar-refractivity contribution in [1.29, 1.82) is 0 Å². The maximum absolute atomic E-state index is 13.2. The number of methoxy groups -OCH3 is 1. The molecule has 0 radical (unpaired) electrons. The molecular weight excluding hydrogens is 390 g/mol. The molecule has 3 aromatic rings. The van der Waals surface area contributed by atoms with Crippen LogP contribution in [0, 0.1) is 13.8 Å². The van der Waals surface area contributed by atoms with Crippen molar-refractivity contribution in [2.75, 3.05) is 12.0 Å². The molecule has 1 N–H and O–H groups in total. The SMILES string of the molecule is COc1cccc(/C(O)=C2\C(=O)C(=O)N(c3ccc(C)c(C)c3)C2c2ccccc2)c1. The predicted octanol–water partition coefficient (Wildman–Crippen LogP) is 4.94. The molecule has 0 saturated carbocycles. The summed E-state index contributed by atoms with van der Waals surface area (Å²) in [4.78, 5) is 27.8. The molecule has 1 saturated heterocycles. The monoisotopic (exact) mass is 413 g/mol. The Morgan fingerprint density at radius 1 is 0.903 bits per heavy atom. The van der Waals surface area contributed by atoms with Gasteiger partial charge >= 0.3 is 0 Å². The molecule has 1 amide bonds. The molecule has 5 heteroatoms. The highest BCUT2D eigenvalue weighted by Crippen LogP contribution is 2.42. The molecule has 1 aliphatic heterocycles. The quantitative estimate of drug-likeness (QED) is 0.374. The van der Waals surface area contributed by atoms with Gasteiger partial charge in [0.1, 0.15) is 11.5 Å². The van der Waals surface area contributed by atoms with E-state index in [1.807, 2.05) is 62.4 Å². The standard InChI is InChI=1S/C26H23NO4/c1-16-12-13-20(14-17(16)2)27-23(18-8-5-4-6-9-18)22(25(29)26(27)30)24(28)19-10-7-11-21(15-19)31-3/h4-15,23,28H,1-3H3/b24-22+. The number of aliphatic hydroxyl groups is 1. The van der Waals surface area contributed by atoms with Crippen LogP contribution in [0.3, 0.4) is 0 Å². The van der Waals surface area contributed by atoms with E-state index < -0.39 is 17.7 Å². The number of ketones is 1. The fourth-order valence-corrected chi connectivity index (χ4v) is 3.85. The number of anilines is 1. The van der Waals surface area contributed by atoms with Crippen LogP contribution < -0.4 is 9.64 Å². The van der Waals surface area contributed by atoms with Gasteiger partial charge in [-0.05, 0) is 54.8 Å². The van der Waals surface area contributed by atoms with Gasteiger partial charge in [-0.3, -0.25) is 14.5 Å². The molecule has 1 atom stereocenters. The minimum atomic E-state index is -0.741. The lowest BCUT2D eigenvalue weighted by Crippen LogP contribution is -2.29. The zero-order chi connectivity index (χ0) is 22.1. The van der Waals surface area contributed by atoms with E-state index in [0.29, 0.717) is 17.0 Å². The lowest BCUT2D eigenvalue weighted by molar-refractivity contribution is -0.132. The number of ether oxygens (including phenoxy) is 1. The third kappa shape index (κ3) is 3.59. The van der Waals surface area contributed by atoms with Crippen LogP contribution in [0.5, 0.6) is 5.75 Å². The first kappa shape index (κ1) is 20.4. The second-order valence-corrected chi connectivity index (χ2v) is 7.58. The number of aryl methyl sites for hydroxylation is 2. The topological polar surface area (TPSA) is 66.8 Å². The lowest BCUT2D eigenvalue weighted by atomic mass is 9.95. The van der Waals surface area contributed by atoms with E-state index in [4.69, 9.17) is 4.74 Å². The van der Waals surface area contributed by atoms with Gasteiger partial charge < -0.3 is 9.84 Å². The summed E-state index contributed by atoms with van der Waals surface area (Å²) in [5.74, 6) is -1.06. The summed E-state index contributed by atoms with van der Waals surface area (Å²) in [6.45, 7) is 3.95. The van der Waals surface area contributed by atoms with Gasteiger partial charge in [-0.15, -0.1) is 0 Å². The molecule has 0 bridgehead atoms. The van der Waals surface area contributed by atoms with E-state index in [2.05, 4.69) is 0 Å². The van der Waals surface area contributed by atoms with Gasteiger partial charge in [-0.1, -0.05) is 48.5 Å². The largest absolute Gasteiger partial charge is 0.507 e. The van der Waals surface area contributed by atoms with Gasteiger partial charge in [0.05, 0.1) is 18.7 Å². The number of amides is 1. The third-order valence-corrected chi connectivity index (χ3v) is 5.67. The molecule has 1 unspecified atom stereocenters. The molecule has 31 heavy (non-hydrogen) atoms. The Morgan fingerprint density at radius 3 is 2.32 bits per heavy atom. The van der Waals surface area contributed by atoms with Gasteiger partial charge in [-0.2, -0.15) is 0 Å². The van der Waals surface area contributed by atoms with Crippen LogP contribution >= 0.6 is 0 Å². The van der Waals surface area contributed by atoms with Crippen LogP contribution in [0.2, 0.25) is 0 Å². The van der Waals surface area contributed by atoms with Crippen LogP contribution in [-0.2, 0) is 9.59 Å². The van der Waals surface area contributed by atoms with E-state index in [-0.39, 0.29) is 11.3 Å². The molecule has 3 aromatic carbocycles. The van der Waals surface area contributed by atoms with Gasteiger partial charge in [0, 0.05) is 11.3 Å². The van der Waals surface area contributed by atoms with E-state index in [1.165, 1.54) is 12.0 Å². The number of Topliss-reactive ketones (excluding diaryl/α,β-unsaturated/α-hetero) is 1. The number of carbonyl (C=O) groups excluding carboxylic acids is 2. The molecule has 1 heterocycles. The smallest absolute Gasteiger partial charge is 0.300 e. The second kappa shape index (κ2) is 8.11. The first-order valence-electron chi connectivity index (χ1n) is 10.00. The molecule has 0 aliphatic carbocycles. The number of hydrogen-bond acceptors (Lipinski definition) is 4. The lowest BCUT2D eigenvalue weighted by Gasteiger charge is -2.26. The zero-order valence-corrected chi connectivity index (χ0v) is 17.6. The minimum absolute atomic E-state index is 0.0580. The van der Waals surface area contributed by atoms with Crippen LogP contribution in [0.1, 0.15) is 28.3 Å². The summed E-state index contributed by atoms with van der Waals surface area (Å²) in [6, 6.07) is 21.0. The Balaban J connectivity index is 1.94. The van der Waals surface area contributed by atoms with E-state index in [9.17, 15) is 14.7 Å². The minimum Gasteiger partial charge on any atom is -0.507 e. The van der Waals surface area contributed by atoms with Gasteiger partial charge in [0.15, 0.2) is 0 Å². The van der Waals surface area contributed by atoms with Crippen molar-refractivity contribution >= 4 is 23.1 Å². The second-order valence-electron chi connectivity index (χ2n) is 7.58. The van der Waals surface area contributed by atoms with Crippen molar-refractivity contribution < 1.29 is 19.4 Å². The summed E-state index contributed by atoms with van der Waals surface area (Å²) in [7, 11) is 1.53. The zero-order valence-electron chi connectivity index (χ0n) is 17.6. The van der Waals surface area contributed by atoms with Gasteiger partial charge in [0.2, 0.25) is 0 Å². The first-order valence-corrected chi connectivity index (χ1v) is 10.00. The van der Waals surface area contributed by atoms with E-state index >= 15 is 0 Å². The highest BCUT2D eigenvalue weighted by molar-refractivity contribution is 6.51. The van der Waals surface area contributed by atoms with Gasteiger partial charge in [0.25, 0.3) is 11.7 Å². The summed E-state index contributed by atoms with van der Waals surface area (Å²) in [6.07, 6.45) is 0. The first-order chi connectivity index (χ1) is 14.9. The summed E-state index contributed by atoms with van der Waals surface area (Å²) < 4.78 is 5.25. The number of nitrogens with zero attached hydrogens (tertiary/aromatic N) is 1. The van der Waals surface area contributed by atoms with Crippen LogP contribution in [0.15, 0.2) is 78.4 Å². The Hall–Kier alpha value is -3.86. The molecule has 156 valence electrons. The van der Waals surface area contributed by atoms with Crippen molar-refractivity contribution in [3.63, 3.8) is 0 Å². The fourth-order valence-electron chi connectivity index (χ4n) is 3.85. The Labute approximate surface area is 181 Å². The van der Waals surface area contributed by atoms with Crippen molar-refractivity contribution in [3.8, 4) is 5.75 Å². The Morgan fingerprint density at radius 2 is 1.65 bits per heavy atom. The normalized spacial score (nSPS) is 17.8.